The Kier molecular flexibility index (Phi) is 45.4. The number of rotatable bonds is 48. The van der Waals surface area contributed by atoms with Gasteiger partial charge >= 0.3 is 5.97 Å². The molecule has 0 radical (unpaired) electrons. The van der Waals surface area contributed by atoms with E-state index in [1.165, 1.54) is 103 Å². The van der Waals surface area contributed by atoms with E-state index >= 15 is 0 Å². The lowest BCUT2D eigenvalue weighted by Gasteiger charge is -2.40. The minimum Gasteiger partial charge on any atom is -0.466 e. The summed E-state index contributed by atoms with van der Waals surface area (Å²) < 4.78 is 16.6. The summed E-state index contributed by atoms with van der Waals surface area (Å²) in [4.78, 5) is 25.0. The normalized spacial score (nSPS) is 19.7. The van der Waals surface area contributed by atoms with Crippen molar-refractivity contribution in [2.45, 2.75) is 281 Å². The molecular formula is C59H105NO10. The summed E-state index contributed by atoms with van der Waals surface area (Å²) in [5.74, 6) is -0.249. The average molecular weight is 988 g/mol. The second-order valence-corrected chi connectivity index (χ2v) is 19.6. The molecule has 6 N–H and O–H groups in total. The summed E-state index contributed by atoms with van der Waals surface area (Å²) >= 11 is 0. The van der Waals surface area contributed by atoms with Gasteiger partial charge in [0.05, 0.1) is 32.0 Å². The number of hydrogen-bond acceptors (Lipinski definition) is 10. The number of nitrogens with one attached hydrogen (secondary N) is 1. The number of carbonyl (C=O) groups excluding carboxylic acids is 2. The van der Waals surface area contributed by atoms with Crippen molar-refractivity contribution in [2.75, 3.05) is 19.8 Å². The van der Waals surface area contributed by atoms with Gasteiger partial charge in [0.15, 0.2) is 6.29 Å². The minimum atomic E-state index is -1.58. The molecule has 11 nitrogen and oxygen atoms in total. The highest BCUT2D eigenvalue weighted by Crippen LogP contribution is 2.23. The van der Waals surface area contributed by atoms with E-state index < -0.39 is 49.5 Å². The highest BCUT2D eigenvalue weighted by Gasteiger charge is 2.44. The van der Waals surface area contributed by atoms with E-state index in [1.54, 1.807) is 6.08 Å². The van der Waals surface area contributed by atoms with Crippen LogP contribution < -0.4 is 5.32 Å². The quantitative estimate of drug-likeness (QED) is 0.0196. The number of allylic oxidation sites excluding steroid dienone is 9. The van der Waals surface area contributed by atoms with Gasteiger partial charge in [0, 0.05) is 12.8 Å². The number of esters is 1. The highest BCUT2D eigenvalue weighted by molar-refractivity contribution is 5.76. The summed E-state index contributed by atoms with van der Waals surface area (Å²) in [5.41, 5.74) is 0. The second kappa shape index (κ2) is 48.6. The lowest BCUT2D eigenvalue weighted by molar-refractivity contribution is -0.302. The smallest absolute Gasteiger partial charge is 0.305 e. The van der Waals surface area contributed by atoms with Crippen molar-refractivity contribution in [3.8, 4) is 0 Å². The topological polar surface area (TPSA) is 175 Å². The first-order valence-corrected chi connectivity index (χ1v) is 28.6. The second-order valence-electron chi connectivity index (χ2n) is 19.6. The molecule has 7 unspecified atom stereocenters. The summed E-state index contributed by atoms with van der Waals surface area (Å²) in [6.07, 6.45) is 51.6. The fraction of sp³-hybridized carbons (Fsp3) is 0.797. The van der Waals surface area contributed by atoms with Crippen LogP contribution in [0.5, 0.6) is 0 Å². The van der Waals surface area contributed by atoms with Crippen LogP contribution in [0.2, 0.25) is 0 Å². The van der Waals surface area contributed by atoms with Gasteiger partial charge in [-0.2, -0.15) is 0 Å². The predicted octanol–water partition coefficient (Wildman–Crippen LogP) is 12.7. The van der Waals surface area contributed by atoms with Crippen molar-refractivity contribution in [2.24, 2.45) is 0 Å². The van der Waals surface area contributed by atoms with Crippen LogP contribution in [0.1, 0.15) is 239 Å². The Labute approximate surface area is 427 Å². The fourth-order valence-electron chi connectivity index (χ4n) is 8.48. The molecule has 1 aliphatic rings. The van der Waals surface area contributed by atoms with Crippen molar-refractivity contribution >= 4 is 11.9 Å². The third-order valence-corrected chi connectivity index (χ3v) is 13.1. The van der Waals surface area contributed by atoms with Crippen molar-refractivity contribution in [3.05, 3.63) is 60.8 Å². The molecule has 11 heteroatoms. The number of aliphatic hydroxyl groups is 5. The van der Waals surface area contributed by atoms with Crippen LogP contribution in [0.25, 0.3) is 0 Å². The summed E-state index contributed by atoms with van der Waals surface area (Å²) in [7, 11) is 0. The molecule has 1 saturated heterocycles. The fourth-order valence-corrected chi connectivity index (χ4v) is 8.48. The predicted molar refractivity (Wildman–Crippen MR) is 287 cm³/mol. The standard InChI is InChI=1S/C59H105NO10/c1-3-5-7-9-11-13-15-16-23-27-31-35-39-43-47-55(64)68-48-44-40-36-32-28-24-21-19-17-18-20-22-26-30-34-38-42-46-54(63)60-51(50-69-59-58(67)57(66)56(65)53(49-61)70-59)52(62)45-41-37-33-29-25-14-12-10-8-6-4-2/h9,11,15-17,19,24,28,41,45,51-53,56-59,61-62,65-67H,3-8,10,12-14,18,20-23,25-27,29-40,42-44,46-50H2,1-2H3,(H,60,63)/b11-9-,16-15-,19-17-,28-24-,45-41+. The van der Waals surface area contributed by atoms with E-state index in [1.807, 2.05) is 6.08 Å². The maximum absolute atomic E-state index is 13.0. The molecule has 406 valence electrons. The maximum atomic E-state index is 13.0. The number of aliphatic hydroxyl groups excluding tert-OH is 5. The Balaban J connectivity index is 2.13. The van der Waals surface area contributed by atoms with E-state index in [-0.39, 0.29) is 18.5 Å². The van der Waals surface area contributed by atoms with Gasteiger partial charge in [0.25, 0.3) is 0 Å². The number of amides is 1. The van der Waals surface area contributed by atoms with E-state index in [9.17, 15) is 35.1 Å². The Morgan fingerprint density at radius 2 is 0.971 bits per heavy atom. The van der Waals surface area contributed by atoms with Crippen LogP contribution >= 0.6 is 0 Å². The number of carbonyl (C=O) groups is 2. The van der Waals surface area contributed by atoms with E-state index in [2.05, 4.69) is 67.8 Å². The van der Waals surface area contributed by atoms with Crippen molar-refractivity contribution in [3.63, 3.8) is 0 Å². The molecule has 0 aliphatic carbocycles. The van der Waals surface area contributed by atoms with Gasteiger partial charge in [-0.3, -0.25) is 9.59 Å². The minimum absolute atomic E-state index is 0.0479. The van der Waals surface area contributed by atoms with Crippen LogP contribution in [0, 0.1) is 0 Å². The third kappa shape index (κ3) is 38.0. The van der Waals surface area contributed by atoms with Crippen LogP contribution in [-0.4, -0.2) is 100 Å². The molecule has 1 rings (SSSR count). The Morgan fingerprint density at radius 3 is 1.49 bits per heavy atom. The van der Waals surface area contributed by atoms with Gasteiger partial charge in [-0.05, 0) is 96.3 Å². The molecule has 0 aromatic rings. The van der Waals surface area contributed by atoms with Gasteiger partial charge in [-0.15, -0.1) is 0 Å². The van der Waals surface area contributed by atoms with Gasteiger partial charge in [0.2, 0.25) is 5.91 Å². The van der Waals surface area contributed by atoms with Crippen LogP contribution in [0.4, 0.5) is 0 Å². The van der Waals surface area contributed by atoms with Gasteiger partial charge in [-0.1, -0.05) is 190 Å². The largest absolute Gasteiger partial charge is 0.466 e. The lowest BCUT2D eigenvalue weighted by Crippen LogP contribution is -2.60. The van der Waals surface area contributed by atoms with E-state index in [0.717, 1.165) is 109 Å². The van der Waals surface area contributed by atoms with Gasteiger partial charge in [-0.25, -0.2) is 0 Å². The lowest BCUT2D eigenvalue weighted by atomic mass is 9.99. The maximum Gasteiger partial charge on any atom is 0.305 e. The van der Waals surface area contributed by atoms with Crippen LogP contribution in [0.15, 0.2) is 60.8 Å². The van der Waals surface area contributed by atoms with Crippen molar-refractivity contribution in [1.29, 1.82) is 0 Å². The Hall–Kier alpha value is -2.64. The average Bonchev–Trinajstić information content (AvgIpc) is 3.36. The summed E-state index contributed by atoms with van der Waals surface area (Å²) in [5, 5.41) is 54.3. The van der Waals surface area contributed by atoms with Crippen LogP contribution in [0.3, 0.4) is 0 Å². The van der Waals surface area contributed by atoms with Crippen LogP contribution in [-0.2, 0) is 23.8 Å². The monoisotopic (exact) mass is 988 g/mol. The molecule has 70 heavy (non-hydrogen) atoms. The van der Waals surface area contributed by atoms with Crippen molar-refractivity contribution in [1.82, 2.24) is 5.32 Å². The molecule has 1 fully saturated rings. The summed E-state index contributed by atoms with van der Waals surface area (Å²) in [6, 6.07) is -0.823. The molecule has 0 aromatic heterocycles. The number of unbranched alkanes of at least 4 members (excludes halogenated alkanes) is 26. The zero-order valence-corrected chi connectivity index (χ0v) is 44.5. The Bertz CT molecular complexity index is 1350. The molecule has 0 spiro atoms. The van der Waals surface area contributed by atoms with E-state index in [0.29, 0.717) is 19.4 Å². The molecule has 0 bridgehead atoms. The number of hydrogen-bond donors (Lipinski definition) is 6. The first-order chi connectivity index (χ1) is 34.2. The van der Waals surface area contributed by atoms with Crippen molar-refractivity contribution < 1.29 is 49.3 Å². The molecule has 0 aromatic carbocycles. The molecule has 0 saturated carbocycles. The summed E-state index contributed by atoms with van der Waals surface area (Å²) in [6.45, 7) is 4.21. The first-order valence-electron chi connectivity index (χ1n) is 28.6. The SMILES string of the molecule is CCCC/C=C\C/C=C\CCCCCCCC(=O)OCCCCC/C=C\C/C=C\CCCCCCCCCC(=O)NC(COC1OC(CO)C(O)C(O)C1O)C(O)/C=C/CCCCCCCCCCC. The third-order valence-electron chi connectivity index (χ3n) is 13.1. The molecule has 7 atom stereocenters. The first kappa shape index (κ1) is 65.4. The molecular weight excluding hydrogens is 883 g/mol. The zero-order valence-electron chi connectivity index (χ0n) is 44.5. The molecule has 1 aliphatic heterocycles. The van der Waals surface area contributed by atoms with E-state index in [4.69, 9.17) is 14.2 Å². The van der Waals surface area contributed by atoms with Gasteiger partial charge < -0.3 is 45.1 Å². The highest BCUT2D eigenvalue weighted by atomic mass is 16.7. The number of ether oxygens (including phenoxy) is 3. The molecule has 1 heterocycles. The Morgan fingerprint density at radius 1 is 0.529 bits per heavy atom. The van der Waals surface area contributed by atoms with Gasteiger partial charge in [0.1, 0.15) is 24.4 Å². The zero-order chi connectivity index (χ0) is 51.0. The molecule has 1 amide bonds.